The third kappa shape index (κ3) is 3.22. The maximum atomic E-state index is 13.8. The zero-order valence-electron chi connectivity index (χ0n) is 11.5. The number of hydrogen-bond donors (Lipinski definition) is 1. The Bertz CT molecular complexity index is 878. The van der Waals surface area contributed by atoms with Gasteiger partial charge in [-0.05, 0) is 42.5 Å². The zero-order valence-corrected chi connectivity index (χ0v) is 12.2. The van der Waals surface area contributed by atoms with Gasteiger partial charge in [0.05, 0.1) is 16.8 Å². The van der Waals surface area contributed by atoms with Gasteiger partial charge in [0.25, 0.3) is 0 Å². The molecular weight excluding hydrogens is 332 g/mol. The fraction of sp³-hybridized carbons (Fsp3) is 0.0625. The Kier molecular flexibility index (Phi) is 3.85. The van der Waals surface area contributed by atoms with Crippen LogP contribution in [0.4, 0.5) is 28.9 Å². The molecular formula is C16H9ClF4N2. The van der Waals surface area contributed by atoms with Gasteiger partial charge >= 0.3 is 6.18 Å². The molecule has 7 heteroatoms. The molecule has 0 aliphatic heterocycles. The second-order valence-corrected chi connectivity index (χ2v) is 5.27. The smallest absolute Gasteiger partial charge is 0.352 e. The Morgan fingerprint density at radius 2 is 1.74 bits per heavy atom. The highest BCUT2D eigenvalue weighted by atomic mass is 35.5. The predicted octanol–water partition coefficient (Wildman–Crippen LogP) is 5.79. The van der Waals surface area contributed by atoms with Crippen molar-refractivity contribution in [3.8, 4) is 0 Å². The first kappa shape index (κ1) is 15.6. The van der Waals surface area contributed by atoms with Crippen LogP contribution >= 0.6 is 11.6 Å². The van der Waals surface area contributed by atoms with E-state index in [0.29, 0.717) is 16.2 Å². The van der Waals surface area contributed by atoms with Crippen LogP contribution in [0.3, 0.4) is 0 Å². The van der Waals surface area contributed by atoms with Crippen molar-refractivity contribution >= 4 is 33.9 Å². The number of aromatic nitrogens is 1. The molecule has 1 N–H and O–H groups in total. The number of pyridine rings is 1. The van der Waals surface area contributed by atoms with Crippen LogP contribution in [-0.4, -0.2) is 4.98 Å². The number of alkyl halides is 3. The van der Waals surface area contributed by atoms with Crippen molar-refractivity contribution in [1.29, 1.82) is 0 Å². The van der Waals surface area contributed by atoms with E-state index in [2.05, 4.69) is 10.3 Å². The Hall–Kier alpha value is -2.34. The van der Waals surface area contributed by atoms with Crippen LogP contribution in [0.15, 0.2) is 48.7 Å². The highest BCUT2D eigenvalue weighted by molar-refractivity contribution is 6.30. The van der Waals surface area contributed by atoms with E-state index in [-0.39, 0.29) is 11.1 Å². The lowest BCUT2D eigenvalue weighted by Gasteiger charge is -2.12. The predicted molar refractivity (Wildman–Crippen MR) is 81.4 cm³/mol. The molecule has 0 spiro atoms. The molecule has 0 fully saturated rings. The number of nitrogens with zero attached hydrogens (tertiary/aromatic N) is 1. The molecule has 0 amide bonds. The van der Waals surface area contributed by atoms with Crippen molar-refractivity contribution in [2.24, 2.45) is 0 Å². The Morgan fingerprint density at radius 1 is 0.957 bits per heavy atom. The summed E-state index contributed by atoms with van der Waals surface area (Å²) in [6.07, 6.45) is -3.04. The minimum atomic E-state index is -4.47. The van der Waals surface area contributed by atoms with Crippen molar-refractivity contribution in [1.82, 2.24) is 4.98 Å². The van der Waals surface area contributed by atoms with Gasteiger partial charge in [0.15, 0.2) is 0 Å². The summed E-state index contributed by atoms with van der Waals surface area (Å²) in [5.41, 5.74) is -0.0530. The summed E-state index contributed by atoms with van der Waals surface area (Å²) in [5.74, 6) is -0.564. The van der Waals surface area contributed by atoms with Gasteiger partial charge in [-0.2, -0.15) is 13.2 Å². The summed E-state index contributed by atoms with van der Waals surface area (Å²) in [5, 5.41) is 3.31. The van der Waals surface area contributed by atoms with Gasteiger partial charge in [-0.15, -0.1) is 0 Å². The van der Waals surface area contributed by atoms with Crippen molar-refractivity contribution in [2.45, 2.75) is 6.18 Å². The highest BCUT2D eigenvalue weighted by Crippen LogP contribution is 2.34. The normalized spacial score (nSPS) is 11.7. The van der Waals surface area contributed by atoms with Crippen molar-refractivity contribution < 1.29 is 17.6 Å². The maximum absolute atomic E-state index is 13.8. The van der Waals surface area contributed by atoms with Crippen molar-refractivity contribution in [3.63, 3.8) is 0 Å². The van der Waals surface area contributed by atoms with E-state index < -0.39 is 17.6 Å². The minimum absolute atomic E-state index is 0.0717. The monoisotopic (exact) mass is 340 g/mol. The van der Waals surface area contributed by atoms with Crippen LogP contribution in [-0.2, 0) is 6.18 Å². The molecule has 3 aromatic rings. The molecule has 0 saturated heterocycles. The van der Waals surface area contributed by atoms with Gasteiger partial charge in [0.2, 0.25) is 0 Å². The molecule has 1 aromatic heterocycles. The van der Waals surface area contributed by atoms with E-state index in [1.807, 2.05) is 0 Å². The van der Waals surface area contributed by atoms with Gasteiger partial charge < -0.3 is 5.32 Å². The van der Waals surface area contributed by atoms with E-state index in [1.54, 1.807) is 0 Å². The summed E-state index contributed by atoms with van der Waals surface area (Å²) in [4.78, 5) is 4.02. The standard InChI is InChI=1S/C16H9ClF4N2/c17-10-2-3-12(18)15(8-10)23-14-5-6-22-13-4-1-9(7-11(13)14)16(19,20)21/h1-8H,(H,22,23). The molecule has 23 heavy (non-hydrogen) atoms. The molecule has 0 aliphatic carbocycles. The summed E-state index contributed by atoms with van der Waals surface area (Å²) in [6, 6.07) is 8.60. The van der Waals surface area contributed by atoms with Gasteiger partial charge in [0, 0.05) is 22.3 Å². The summed E-state index contributed by atoms with van der Waals surface area (Å²) in [7, 11) is 0. The van der Waals surface area contributed by atoms with Crippen molar-refractivity contribution in [2.75, 3.05) is 5.32 Å². The average molecular weight is 341 g/mol. The molecule has 2 nitrogen and oxygen atoms in total. The first-order valence-corrected chi connectivity index (χ1v) is 6.90. The fourth-order valence-corrected chi connectivity index (χ4v) is 2.34. The molecule has 0 radical (unpaired) electrons. The van der Waals surface area contributed by atoms with E-state index in [0.717, 1.165) is 12.1 Å². The van der Waals surface area contributed by atoms with Crippen molar-refractivity contribution in [3.05, 3.63) is 65.1 Å². The Morgan fingerprint density at radius 3 is 2.48 bits per heavy atom. The lowest BCUT2D eigenvalue weighted by atomic mass is 10.1. The molecule has 118 valence electrons. The lowest BCUT2D eigenvalue weighted by molar-refractivity contribution is -0.137. The maximum Gasteiger partial charge on any atom is 0.416 e. The third-order valence-corrected chi connectivity index (χ3v) is 3.50. The number of anilines is 2. The number of halogens is 5. The van der Waals surface area contributed by atoms with Gasteiger partial charge in [-0.1, -0.05) is 11.6 Å². The number of hydrogen-bond acceptors (Lipinski definition) is 2. The Labute approximate surface area is 133 Å². The third-order valence-electron chi connectivity index (χ3n) is 3.27. The quantitative estimate of drug-likeness (QED) is 0.597. The molecule has 1 heterocycles. The second kappa shape index (κ2) is 5.70. The highest BCUT2D eigenvalue weighted by Gasteiger charge is 2.30. The SMILES string of the molecule is Fc1ccc(Cl)cc1Nc1ccnc2ccc(C(F)(F)F)cc12. The molecule has 3 rings (SSSR count). The number of nitrogens with one attached hydrogen (secondary N) is 1. The molecule has 0 unspecified atom stereocenters. The van der Waals surface area contributed by atoms with E-state index >= 15 is 0 Å². The summed E-state index contributed by atoms with van der Waals surface area (Å²) in [6.45, 7) is 0. The lowest BCUT2D eigenvalue weighted by Crippen LogP contribution is -2.05. The zero-order chi connectivity index (χ0) is 16.6. The molecule has 0 saturated carbocycles. The summed E-state index contributed by atoms with van der Waals surface area (Å²) < 4.78 is 52.4. The number of rotatable bonds is 2. The van der Waals surface area contributed by atoms with Crippen LogP contribution in [0.5, 0.6) is 0 Å². The fourth-order valence-electron chi connectivity index (χ4n) is 2.17. The van der Waals surface area contributed by atoms with E-state index in [1.165, 1.54) is 36.5 Å². The molecule has 0 bridgehead atoms. The van der Waals surface area contributed by atoms with Crippen LogP contribution in [0.25, 0.3) is 10.9 Å². The number of fused-ring (bicyclic) bond motifs is 1. The van der Waals surface area contributed by atoms with Gasteiger partial charge in [-0.3, -0.25) is 4.98 Å². The average Bonchev–Trinajstić information content (AvgIpc) is 2.50. The first-order valence-electron chi connectivity index (χ1n) is 6.52. The van der Waals surface area contributed by atoms with Crippen LogP contribution < -0.4 is 5.32 Å². The van der Waals surface area contributed by atoms with Crippen LogP contribution in [0.2, 0.25) is 5.02 Å². The minimum Gasteiger partial charge on any atom is -0.352 e. The van der Waals surface area contributed by atoms with Crippen LogP contribution in [0, 0.1) is 5.82 Å². The largest absolute Gasteiger partial charge is 0.416 e. The summed E-state index contributed by atoms with van der Waals surface area (Å²) >= 11 is 5.82. The topological polar surface area (TPSA) is 24.9 Å². The van der Waals surface area contributed by atoms with Gasteiger partial charge in [-0.25, -0.2) is 4.39 Å². The van der Waals surface area contributed by atoms with E-state index in [4.69, 9.17) is 11.6 Å². The molecule has 2 aromatic carbocycles. The first-order chi connectivity index (χ1) is 10.8. The Balaban J connectivity index is 2.11. The van der Waals surface area contributed by atoms with E-state index in [9.17, 15) is 17.6 Å². The van der Waals surface area contributed by atoms with Gasteiger partial charge in [0.1, 0.15) is 5.82 Å². The van der Waals surface area contributed by atoms with Crippen LogP contribution in [0.1, 0.15) is 5.56 Å². The number of benzene rings is 2. The molecule has 0 aliphatic rings. The second-order valence-electron chi connectivity index (χ2n) is 4.84. The molecule has 0 atom stereocenters.